The number of anilines is 1. The summed E-state index contributed by atoms with van der Waals surface area (Å²) >= 11 is 0. The maximum atomic E-state index is 13.4. The number of nitrogens with zero attached hydrogens (tertiary/aromatic N) is 3. The summed E-state index contributed by atoms with van der Waals surface area (Å²) in [5.41, 5.74) is 1.08. The molecule has 0 aliphatic carbocycles. The minimum Gasteiger partial charge on any atom is -0.350 e. The molecule has 0 saturated carbocycles. The van der Waals surface area contributed by atoms with Gasteiger partial charge in [0, 0.05) is 32.4 Å². The van der Waals surface area contributed by atoms with Gasteiger partial charge in [0.15, 0.2) is 0 Å². The van der Waals surface area contributed by atoms with Crippen molar-refractivity contribution >= 4 is 17.6 Å². The third-order valence-corrected chi connectivity index (χ3v) is 6.46. The highest BCUT2D eigenvalue weighted by Crippen LogP contribution is 2.35. The van der Waals surface area contributed by atoms with Crippen LogP contribution in [0.3, 0.4) is 0 Å². The molecule has 35 heavy (non-hydrogen) atoms. The molecule has 2 aromatic carbocycles. The number of fused-ring (bicyclic) bond motifs is 3. The van der Waals surface area contributed by atoms with Crippen LogP contribution in [0.5, 0.6) is 0 Å². The van der Waals surface area contributed by atoms with E-state index in [9.17, 15) is 22.8 Å². The first-order valence-corrected chi connectivity index (χ1v) is 11.3. The van der Waals surface area contributed by atoms with E-state index < -0.39 is 17.6 Å². The van der Waals surface area contributed by atoms with Gasteiger partial charge in [0.1, 0.15) is 5.82 Å². The number of rotatable bonds is 4. The van der Waals surface area contributed by atoms with Crippen molar-refractivity contribution in [2.75, 3.05) is 24.5 Å². The molecular formula is C26H23F3N4O2. The minimum absolute atomic E-state index is 0.101. The highest BCUT2D eigenvalue weighted by molar-refractivity contribution is 5.96. The summed E-state index contributed by atoms with van der Waals surface area (Å²) in [6.45, 7) is 1.45. The topological polar surface area (TPSA) is 65.5 Å². The molecule has 1 fully saturated rings. The summed E-state index contributed by atoms with van der Waals surface area (Å²) in [6.07, 6.45) is -2.50. The molecule has 1 atom stereocenters. The van der Waals surface area contributed by atoms with Gasteiger partial charge in [-0.25, -0.2) is 4.98 Å². The maximum Gasteiger partial charge on any atom is 0.417 e. The Morgan fingerprint density at radius 1 is 1.03 bits per heavy atom. The van der Waals surface area contributed by atoms with Gasteiger partial charge in [-0.3, -0.25) is 9.59 Å². The second-order valence-corrected chi connectivity index (χ2v) is 8.72. The van der Waals surface area contributed by atoms with E-state index in [1.165, 1.54) is 23.1 Å². The molecule has 0 radical (unpaired) electrons. The number of carbonyl (C=O) groups is 2. The number of nitrogens with one attached hydrogen (secondary N) is 1. The molecule has 9 heteroatoms. The summed E-state index contributed by atoms with van der Waals surface area (Å²) in [6, 6.07) is 16.2. The van der Waals surface area contributed by atoms with E-state index in [1.807, 2.05) is 36.4 Å². The predicted molar refractivity (Wildman–Crippen MR) is 124 cm³/mol. The van der Waals surface area contributed by atoms with Crippen molar-refractivity contribution in [1.29, 1.82) is 0 Å². The molecule has 1 saturated heterocycles. The van der Waals surface area contributed by atoms with E-state index >= 15 is 0 Å². The lowest BCUT2D eigenvalue weighted by Gasteiger charge is -2.38. The van der Waals surface area contributed by atoms with Gasteiger partial charge in [-0.15, -0.1) is 0 Å². The van der Waals surface area contributed by atoms with E-state index in [0.717, 1.165) is 23.0 Å². The molecule has 6 nitrogen and oxygen atoms in total. The van der Waals surface area contributed by atoms with Gasteiger partial charge in [-0.05, 0) is 35.7 Å². The summed E-state index contributed by atoms with van der Waals surface area (Å²) in [5, 5.41) is 2.89. The molecule has 2 aliphatic rings. The third kappa shape index (κ3) is 4.58. The quantitative estimate of drug-likeness (QED) is 0.615. The summed E-state index contributed by atoms with van der Waals surface area (Å²) in [7, 11) is 0. The average molecular weight is 480 g/mol. The number of benzene rings is 2. The first-order chi connectivity index (χ1) is 16.8. The Morgan fingerprint density at radius 2 is 1.77 bits per heavy atom. The van der Waals surface area contributed by atoms with Crippen LogP contribution < -0.4 is 10.2 Å². The summed E-state index contributed by atoms with van der Waals surface area (Å²) < 4.78 is 40.2. The number of hydrogen-bond acceptors (Lipinski definition) is 4. The summed E-state index contributed by atoms with van der Waals surface area (Å²) in [4.78, 5) is 33.7. The number of amides is 2. The predicted octanol–water partition coefficient (Wildman–Crippen LogP) is 3.92. The van der Waals surface area contributed by atoms with Gasteiger partial charge in [0.2, 0.25) is 0 Å². The fourth-order valence-electron chi connectivity index (χ4n) is 4.75. The molecule has 180 valence electrons. The number of hydrogen-bond donors (Lipinski definition) is 1. The molecule has 0 spiro atoms. The highest BCUT2D eigenvalue weighted by atomic mass is 19.4. The lowest BCUT2D eigenvalue weighted by atomic mass is 10.0. The Labute approximate surface area is 200 Å². The lowest BCUT2D eigenvalue weighted by Crippen LogP contribution is -2.53. The van der Waals surface area contributed by atoms with Crippen molar-refractivity contribution in [3.63, 3.8) is 0 Å². The first kappa shape index (κ1) is 22.9. The van der Waals surface area contributed by atoms with Crippen molar-refractivity contribution in [3.05, 3.63) is 94.7 Å². The van der Waals surface area contributed by atoms with Crippen LogP contribution in [-0.2, 0) is 19.1 Å². The molecule has 2 amide bonds. The first-order valence-electron chi connectivity index (χ1n) is 11.3. The molecule has 5 rings (SSSR count). The molecule has 1 aromatic heterocycles. The van der Waals surface area contributed by atoms with Crippen molar-refractivity contribution in [2.24, 2.45) is 0 Å². The van der Waals surface area contributed by atoms with E-state index in [1.54, 1.807) is 6.20 Å². The zero-order valence-electron chi connectivity index (χ0n) is 18.8. The van der Waals surface area contributed by atoms with Gasteiger partial charge < -0.3 is 15.1 Å². The third-order valence-electron chi connectivity index (χ3n) is 6.46. The normalized spacial score (nSPS) is 17.1. The largest absolute Gasteiger partial charge is 0.417 e. The zero-order chi connectivity index (χ0) is 24.6. The summed E-state index contributed by atoms with van der Waals surface area (Å²) in [5.74, 6) is -0.0885. The molecular weight excluding hydrogens is 457 g/mol. The van der Waals surface area contributed by atoms with Crippen molar-refractivity contribution in [2.45, 2.75) is 25.2 Å². The number of aromatic nitrogens is 1. The number of carbonyl (C=O) groups excluding carboxylic acids is 2. The Morgan fingerprint density at radius 3 is 2.54 bits per heavy atom. The Bertz CT molecular complexity index is 1260. The molecule has 1 N–H and O–H groups in total. The van der Waals surface area contributed by atoms with Gasteiger partial charge in [0.25, 0.3) is 11.8 Å². The van der Waals surface area contributed by atoms with Crippen molar-refractivity contribution in [3.8, 4) is 0 Å². The van der Waals surface area contributed by atoms with Crippen LogP contribution in [0.4, 0.5) is 19.0 Å². The maximum absolute atomic E-state index is 13.4. The van der Waals surface area contributed by atoms with Crippen LogP contribution >= 0.6 is 0 Å². The lowest BCUT2D eigenvalue weighted by molar-refractivity contribution is -0.138. The fraction of sp³-hybridized carbons (Fsp3) is 0.269. The number of piperazine rings is 1. The van der Waals surface area contributed by atoms with Crippen LogP contribution in [0.25, 0.3) is 0 Å². The van der Waals surface area contributed by atoms with E-state index in [2.05, 4.69) is 15.2 Å². The number of alkyl halides is 3. The van der Waals surface area contributed by atoms with Crippen molar-refractivity contribution < 1.29 is 22.8 Å². The average Bonchev–Trinajstić information content (AvgIpc) is 3.24. The van der Waals surface area contributed by atoms with E-state index in [0.29, 0.717) is 31.6 Å². The monoisotopic (exact) mass is 480 g/mol. The standard InChI is InChI=1S/C26H23F3N4O2/c27-26(28,29)22-9-5-4-8-21(22)25(35)32-10-11-33-20(16-32)13-18-12-19(15-30-23(18)33)24(34)31-14-17-6-2-1-3-7-17/h1-9,12,15,20H,10-11,13-14,16H2,(H,31,34). The van der Waals surface area contributed by atoms with Gasteiger partial charge >= 0.3 is 6.18 Å². The zero-order valence-corrected chi connectivity index (χ0v) is 18.8. The van der Waals surface area contributed by atoms with Crippen LogP contribution in [0.1, 0.15) is 37.4 Å². The Kier molecular flexibility index (Phi) is 5.92. The van der Waals surface area contributed by atoms with Gasteiger partial charge in [-0.2, -0.15) is 13.2 Å². The minimum atomic E-state index is -4.60. The second kappa shape index (κ2) is 9.05. The number of pyridine rings is 1. The second-order valence-electron chi connectivity index (χ2n) is 8.72. The SMILES string of the molecule is O=C(NCc1ccccc1)c1cnc2c(c1)CC1CN(C(=O)c3ccccc3C(F)(F)F)CCN21. The number of halogens is 3. The highest BCUT2D eigenvalue weighted by Gasteiger charge is 2.40. The van der Waals surface area contributed by atoms with Crippen LogP contribution in [-0.4, -0.2) is 47.4 Å². The van der Waals surface area contributed by atoms with Gasteiger partial charge in [0.05, 0.1) is 22.7 Å². The van der Waals surface area contributed by atoms with Crippen molar-refractivity contribution in [1.82, 2.24) is 15.2 Å². The van der Waals surface area contributed by atoms with E-state index in [4.69, 9.17) is 0 Å². The smallest absolute Gasteiger partial charge is 0.350 e. The molecule has 3 heterocycles. The fourth-order valence-corrected chi connectivity index (χ4v) is 4.75. The molecule has 1 unspecified atom stereocenters. The van der Waals surface area contributed by atoms with Crippen LogP contribution in [0.2, 0.25) is 0 Å². The van der Waals surface area contributed by atoms with E-state index in [-0.39, 0.29) is 24.1 Å². The Hall–Kier alpha value is -3.88. The molecule has 3 aromatic rings. The van der Waals surface area contributed by atoms with Gasteiger partial charge in [-0.1, -0.05) is 42.5 Å². The molecule has 2 aliphatic heterocycles. The van der Waals surface area contributed by atoms with Crippen LogP contribution in [0, 0.1) is 0 Å². The Balaban J connectivity index is 1.27. The van der Waals surface area contributed by atoms with Crippen LogP contribution in [0.15, 0.2) is 66.9 Å². The molecule has 0 bridgehead atoms.